The molecule has 0 atom stereocenters. The molecule has 1 amide bonds. The lowest BCUT2D eigenvalue weighted by Crippen LogP contribution is -2.27. The number of aryl methyl sites for hydroxylation is 1. The summed E-state index contributed by atoms with van der Waals surface area (Å²) < 4.78 is 29.8. The number of fused-ring (bicyclic) bond motifs is 1. The number of amides is 1. The number of nitrogens with one attached hydrogen (secondary N) is 1. The van der Waals surface area contributed by atoms with Crippen molar-refractivity contribution in [2.45, 2.75) is 25.7 Å². The molecule has 1 aliphatic carbocycles. The van der Waals surface area contributed by atoms with Crippen LogP contribution in [0.5, 0.6) is 0 Å². The van der Waals surface area contributed by atoms with E-state index in [9.17, 15) is 18.0 Å². The first-order chi connectivity index (χ1) is 13.2. The van der Waals surface area contributed by atoms with E-state index in [-0.39, 0.29) is 11.3 Å². The molecule has 3 rings (SSSR count). The summed E-state index contributed by atoms with van der Waals surface area (Å²) in [7, 11) is -0.820. The minimum Gasteiger partial charge on any atom is -0.465 e. The predicted molar refractivity (Wildman–Crippen MR) is 110 cm³/mol. The maximum atomic E-state index is 13.0. The van der Waals surface area contributed by atoms with Gasteiger partial charge in [0.15, 0.2) is 0 Å². The van der Waals surface area contributed by atoms with E-state index in [4.69, 9.17) is 4.74 Å². The van der Waals surface area contributed by atoms with Gasteiger partial charge >= 0.3 is 5.97 Å². The van der Waals surface area contributed by atoms with Gasteiger partial charge in [0.05, 0.1) is 30.2 Å². The molecule has 9 heteroatoms. The number of hydrogen-bond acceptors (Lipinski definition) is 6. The Hall–Kier alpha value is -2.39. The maximum Gasteiger partial charge on any atom is 0.341 e. The van der Waals surface area contributed by atoms with E-state index < -0.39 is 21.9 Å². The van der Waals surface area contributed by atoms with Gasteiger partial charge in [0.25, 0.3) is 5.91 Å². The lowest BCUT2D eigenvalue weighted by molar-refractivity contribution is 0.0601. The Balaban J connectivity index is 1.99. The number of carbonyl (C=O) groups is 2. The monoisotopic (exact) mass is 422 g/mol. The highest BCUT2D eigenvalue weighted by atomic mass is 32.2. The molecule has 150 valence electrons. The predicted octanol–water partition coefficient (Wildman–Crippen LogP) is 3.06. The van der Waals surface area contributed by atoms with E-state index in [1.807, 2.05) is 0 Å². The van der Waals surface area contributed by atoms with E-state index in [2.05, 4.69) is 5.32 Å². The number of ether oxygens (including phenoxy) is 1. The number of hydrogen-bond donors (Lipinski definition) is 1. The van der Waals surface area contributed by atoms with Crippen molar-refractivity contribution in [3.63, 3.8) is 0 Å². The van der Waals surface area contributed by atoms with Crippen LogP contribution in [0.4, 0.5) is 10.7 Å². The molecule has 1 aromatic carbocycles. The molecule has 28 heavy (non-hydrogen) atoms. The van der Waals surface area contributed by atoms with Crippen LogP contribution >= 0.6 is 11.3 Å². The van der Waals surface area contributed by atoms with E-state index >= 15 is 0 Å². The van der Waals surface area contributed by atoms with E-state index in [0.717, 1.165) is 46.7 Å². The third kappa shape index (κ3) is 3.90. The number of carbonyl (C=O) groups excluding carboxylic acids is 2. The number of thiophene rings is 1. The summed E-state index contributed by atoms with van der Waals surface area (Å²) >= 11 is 1.38. The zero-order chi connectivity index (χ0) is 20.5. The Morgan fingerprint density at radius 1 is 1.18 bits per heavy atom. The van der Waals surface area contributed by atoms with Crippen molar-refractivity contribution in [3.8, 4) is 0 Å². The Morgan fingerprint density at radius 3 is 2.54 bits per heavy atom. The number of rotatable bonds is 5. The topological polar surface area (TPSA) is 92.8 Å². The smallest absolute Gasteiger partial charge is 0.341 e. The first kappa shape index (κ1) is 20.3. The van der Waals surface area contributed by atoms with E-state index in [0.29, 0.717) is 10.6 Å². The lowest BCUT2D eigenvalue weighted by Gasteiger charge is -2.19. The normalized spacial score (nSPS) is 13.5. The average molecular weight is 423 g/mol. The molecule has 0 unspecified atom stereocenters. The van der Waals surface area contributed by atoms with Crippen LogP contribution in [0.1, 0.15) is 44.0 Å². The van der Waals surface area contributed by atoms with Crippen LogP contribution in [-0.2, 0) is 27.6 Å². The molecule has 1 heterocycles. The van der Waals surface area contributed by atoms with Crippen molar-refractivity contribution in [2.24, 2.45) is 0 Å². The summed E-state index contributed by atoms with van der Waals surface area (Å²) in [5, 5.41) is 3.25. The van der Waals surface area contributed by atoms with Crippen LogP contribution < -0.4 is 9.62 Å². The number of benzene rings is 1. The first-order valence-electron chi connectivity index (χ1n) is 8.81. The number of para-hydroxylation sites is 1. The van der Waals surface area contributed by atoms with Gasteiger partial charge in [-0.2, -0.15) is 0 Å². The minimum atomic E-state index is -3.53. The van der Waals surface area contributed by atoms with Crippen molar-refractivity contribution in [1.82, 2.24) is 0 Å². The molecule has 7 nitrogen and oxygen atoms in total. The van der Waals surface area contributed by atoms with Crippen LogP contribution in [0, 0.1) is 0 Å². The average Bonchev–Trinajstić information content (AvgIpc) is 3.03. The Bertz CT molecular complexity index is 1030. The van der Waals surface area contributed by atoms with Crippen molar-refractivity contribution in [2.75, 3.05) is 30.0 Å². The van der Waals surface area contributed by atoms with Crippen molar-refractivity contribution >= 4 is 43.9 Å². The second-order valence-corrected chi connectivity index (χ2v) is 9.73. The fraction of sp³-hybridized carbons (Fsp3) is 0.368. The third-order valence-electron chi connectivity index (χ3n) is 4.77. The highest BCUT2D eigenvalue weighted by molar-refractivity contribution is 7.92. The number of esters is 1. The molecule has 0 bridgehead atoms. The highest BCUT2D eigenvalue weighted by Gasteiger charge is 2.28. The minimum absolute atomic E-state index is 0.206. The molecule has 0 aliphatic heterocycles. The van der Waals surface area contributed by atoms with Crippen LogP contribution in [0.15, 0.2) is 24.3 Å². The summed E-state index contributed by atoms with van der Waals surface area (Å²) in [6.45, 7) is 0. The Labute approximate surface area is 168 Å². The molecule has 0 fully saturated rings. The first-order valence-corrected chi connectivity index (χ1v) is 11.5. The van der Waals surface area contributed by atoms with Crippen molar-refractivity contribution < 1.29 is 22.7 Å². The summed E-state index contributed by atoms with van der Waals surface area (Å²) in [6.07, 6.45) is 4.75. The van der Waals surface area contributed by atoms with E-state index in [1.165, 1.54) is 25.5 Å². The van der Waals surface area contributed by atoms with E-state index in [1.54, 1.807) is 24.3 Å². The summed E-state index contributed by atoms with van der Waals surface area (Å²) in [5.41, 5.74) is 1.82. The molecule has 0 radical (unpaired) electrons. The van der Waals surface area contributed by atoms with Crippen LogP contribution in [0.25, 0.3) is 0 Å². The SMILES string of the molecule is COC(=O)c1c(NC(=O)c2ccccc2N(C)S(C)(=O)=O)sc2c1CCCC2. The number of nitrogens with zero attached hydrogens (tertiary/aromatic N) is 1. The fourth-order valence-corrected chi connectivity index (χ4v) is 5.05. The third-order valence-corrected chi connectivity index (χ3v) is 7.17. The van der Waals surface area contributed by atoms with Crippen molar-refractivity contribution in [3.05, 3.63) is 45.8 Å². The fourth-order valence-electron chi connectivity index (χ4n) is 3.26. The second-order valence-electron chi connectivity index (χ2n) is 6.61. The van der Waals surface area contributed by atoms with Gasteiger partial charge in [-0.15, -0.1) is 11.3 Å². The van der Waals surface area contributed by atoms with Gasteiger partial charge in [-0.1, -0.05) is 12.1 Å². The Morgan fingerprint density at radius 2 is 1.86 bits per heavy atom. The highest BCUT2D eigenvalue weighted by Crippen LogP contribution is 2.39. The van der Waals surface area contributed by atoms with Crippen LogP contribution in [0.2, 0.25) is 0 Å². The second kappa shape index (κ2) is 7.92. The summed E-state index contributed by atoms with van der Waals surface area (Å²) in [4.78, 5) is 26.4. The standard InChI is InChI=1S/C19H22N2O5S2/c1-21(28(3,24)25)14-10-6-4-8-12(14)17(22)20-18-16(19(23)26-2)13-9-5-7-11-15(13)27-18/h4,6,8,10H,5,7,9,11H2,1-3H3,(H,20,22). The zero-order valence-electron chi connectivity index (χ0n) is 15.9. The molecule has 0 saturated carbocycles. The largest absolute Gasteiger partial charge is 0.465 e. The van der Waals surface area contributed by atoms with Gasteiger partial charge in [0.1, 0.15) is 5.00 Å². The zero-order valence-corrected chi connectivity index (χ0v) is 17.6. The molecular weight excluding hydrogens is 400 g/mol. The number of sulfonamides is 1. The lowest BCUT2D eigenvalue weighted by atomic mass is 9.95. The molecule has 0 saturated heterocycles. The van der Waals surface area contributed by atoms with Crippen LogP contribution in [0.3, 0.4) is 0 Å². The molecule has 1 aliphatic rings. The van der Waals surface area contributed by atoms with Gasteiger partial charge in [0.2, 0.25) is 10.0 Å². The Kier molecular flexibility index (Phi) is 5.76. The molecule has 0 spiro atoms. The maximum absolute atomic E-state index is 13.0. The summed E-state index contributed by atoms with van der Waals surface area (Å²) in [5.74, 6) is -0.953. The molecule has 1 N–H and O–H groups in total. The van der Waals surface area contributed by atoms with Gasteiger partial charge in [-0.25, -0.2) is 13.2 Å². The molecule has 1 aromatic heterocycles. The van der Waals surface area contributed by atoms with Gasteiger partial charge < -0.3 is 10.1 Å². The summed E-state index contributed by atoms with van der Waals surface area (Å²) in [6, 6.07) is 6.45. The van der Waals surface area contributed by atoms with Gasteiger partial charge in [0, 0.05) is 11.9 Å². The number of anilines is 2. The van der Waals surface area contributed by atoms with Crippen molar-refractivity contribution in [1.29, 1.82) is 0 Å². The molecule has 2 aromatic rings. The number of methoxy groups -OCH3 is 1. The quantitative estimate of drug-likeness (QED) is 0.748. The van der Waals surface area contributed by atoms with Gasteiger partial charge in [-0.3, -0.25) is 9.10 Å². The molecular formula is C19H22N2O5S2. The van der Waals surface area contributed by atoms with Gasteiger partial charge in [-0.05, 0) is 43.4 Å². The van der Waals surface area contributed by atoms with Crippen LogP contribution in [-0.4, -0.2) is 40.7 Å².